The van der Waals surface area contributed by atoms with Crippen molar-refractivity contribution in [2.24, 2.45) is 0 Å². The van der Waals surface area contributed by atoms with Crippen LogP contribution in [0, 0.1) is 0 Å². The van der Waals surface area contributed by atoms with E-state index in [0.29, 0.717) is 0 Å². The van der Waals surface area contributed by atoms with Gasteiger partial charge in [-0.3, -0.25) is 0 Å². The molecule has 0 atom stereocenters. The fraction of sp³-hybridized carbons (Fsp3) is 0.286. The summed E-state index contributed by atoms with van der Waals surface area (Å²) in [7, 11) is 4.11. The Balaban J connectivity index is 3.28. The van der Waals surface area contributed by atoms with E-state index in [2.05, 4.69) is 4.98 Å². The normalized spacial score (nSPS) is 11.1. The first-order valence-corrected chi connectivity index (χ1v) is 5.82. The molecule has 0 radical (unpaired) electrons. The second kappa shape index (κ2) is 4.02. The summed E-state index contributed by atoms with van der Waals surface area (Å²) in [6.45, 7) is 0. The zero-order valence-electron chi connectivity index (χ0n) is 7.52. The van der Waals surface area contributed by atoms with Crippen LogP contribution in [0.2, 0.25) is 0 Å². The van der Waals surface area contributed by atoms with Crippen molar-refractivity contribution >= 4 is 19.7 Å². The van der Waals surface area contributed by atoms with E-state index < -0.39 is 9.05 Å². The third-order valence-corrected chi connectivity index (χ3v) is 2.81. The topological polar surface area (TPSA) is 65.5 Å². The molecule has 78 valence electrons. The highest BCUT2D eigenvalue weighted by molar-refractivity contribution is 8.13. The molecule has 0 N–H and O–H groups in total. The van der Waals surface area contributed by atoms with E-state index in [-0.39, 0.29) is 16.5 Å². The lowest BCUT2D eigenvalue weighted by Crippen LogP contribution is -1.97. The van der Waals surface area contributed by atoms with E-state index in [1.54, 1.807) is 0 Å². The van der Waals surface area contributed by atoms with E-state index in [9.17, 15) is 8.42 Å². The minimum absolute atomic E-state index is 0.128. The average Bonchev–Trinajstić information content (AvgIpc) is 2.15. The molecule has 14 heavy (non-hydrogen) atoms. The summed E-state index contributed by atoms with van der Waals surface area (Å²) < 4.78 is 31.6. The molecule has 1 rings (SSSR count). The lowest BCUT2D eigenvalue weighted by molar-refractivity contribution is 0.341. The van der Waals surface area contributed by atoms with Gasteiger partial charge in [-0.25, -0.2) is 13.4 Å². The molecule has 1 aromatic heterocycles. The van der Waals surface area contributed by atoms with Crippen molar-refractivity contribution in [3.05, 3.63) is 12.3 Å². The third kappa shape index (κ3) is 2.27. The number of methoxy groups -OCH3 is 2. The standard InChI is InChI=1S/C7H8ClNO4S/c1-12-6-3-5(14(8,10)11)4-9-7(6)13-2/h3-4H,1-2H3. The maximum absolute atomic E-state index is 10.9. The molecule has 1 aromatic rings. The van der Waals surface area contributed by atoms with Crippen molar-refractivity contribution in [1.29, 1.82) is 0 Å². The fourth-order valence-corrected chi connectivity index (χ4v) is 1.53. The SMILES string of the molecule is COc1cc(S(=O)(=O)Cl)cnc1OC. The zero-order valence-corrected chi connectivity index (χ0v) is 9.09. The average molecular weight is 238 g/mol. The first-order valence-electron chi connectivity index (χ1n) is 3.51. The molecule has 0 saturated heterocycles. The van der Waals surface area contributed by atoms with Gasteiger partial charge in [-0.1, -0.05) is 0 Å². The molecule has 0 amide bonds. The number of nitrogens with zero attached hydrogens (tertiary/aromatic N) is 1. The first-order chi connectivity index (χ1) is 6.49. The number of rotatable bonds is 3. The van der Waals surface area contributed by atoms with Crippen LogP contribution in [0.1, 0.15) is 0 Å². The van der Waals surface area contributed by atoms with Gasteiger partial charge in [-0.05, 0) is 0 Å². The summed E-state index contributed by atoms with van der Waals surface area (Å²) >= 11 is 0. The molecule has 0 aromatic carbocycles. The quantitative estimate of drug-likeness (QED) is 0.735. The van der Waals surface area contributed by atoms with Crippen LogP contribution in [0.3, 0.4) is 0 Å². The smallest absolute Gasteiger partial charge is 0.262 e. The van der Waals surface area contributed by atoms with E-state index >= 15 is 0 Å². The largest absolute Gasteiger partial charge is 0.491 e. The number of pyridine rings is 1. The Morgan fingerprint density at radius 1 is 1.36 bits per heavy atom. The van der Waals surface area contributed by atoms with Crippen molar-refractivity contribution in [2.45, 2.75) is 4.90 Å². The summed E-state index contributed by atoms with van der Waals surface area (Å²) in [5.41, 5.74) is 0. The Kier molecular flexibility index (Phi) is 3.17. The van der Waals surface area contributed by atoms with Gasteiger partial charge < -0.3 is 9.47 Å². The Morgan fingerprint density at radius 2 is 2.00 bits per heavy atom. The lowest BCUT2D eigenvalue weighted by atomic mass is 10.4. The van der Waals surface area contributed by atoms with Gasteiger partial charge in [-0.2, -0.15) is 0 Å². The van der Waals surface area contributed by atoms with Gasteiger partial charge in [0, 0.05) is 16.7 Å². The predicted molar refractivity (Wildman–Crippen MR) is 50.4 cm³/mol. The van der Waals surface area contributed by atoms with Crippen molar-refractivity contribution in [3.63, 3.8) is 0 Å². The molecule has 0 spiro atoms. The molecule has 0 fully saturated rings. The number of hydrogen-bond donors (Lipinski definition) is 0. The second-order valence-electron chi connectivity index (χ2n) is 2.32. The van der Waals surface area contributed by atoms with E-state index in [1.807, 2.05) is 0 Å². The van der Waals surface area contributed by atoms with Crippen molar-refractivity contribution in [3.8, 4) is 11.6 Å². The van der Waals surface area contributed by atoms with Crippen LogP contribution in [-0.2, 0) is 9.05 Å². The first kappa shape index (κ1) is 11.1. The lowest BCUT2D eigenvalue weighted by Gasteiger charge is -2.06. The van der Waals surface area contributed by atoms with Crippen LogP contribution in [0.5, 0.6) is 11.6 Å². The monoisotopic (exact) mass is 237 g/mol. The zero-order chi connectivity index (χ0) is 10.8. The summed E-state index contributed by atoms with van der Waals surface area (Å²) in [6, 6.07) is 1.24. The molecule has 0 unspecified atom stereocenters. The predicted octanol–water partition coefficient (Wildman–Crippen LogP) is 1.03. The summed E-state index contributed by atoms with van der Waals surface area (Å²) in [4.78, 5) is 3.60. The van der Waals surface area contributed by atoms with Crippen molar-refractivity contribution < 1.29 is 17.9 Å². The molecule has 0 aliphatic heterocycles. The van der Waals surface area contributed by atoms with Crippen LogP contribution < -0.4 is 9.47 Å². The van der Waals surface area contributed by atoms with Gasteiger partial charge in [0.15, 0.2) is 5.75 Å². The molecular weight excluding hydrogens is 230 g/mol. The van der Waals surface area contributed by atoms with E-state index in [1.165, 1.54) is 20.3 Å². The molecule has 0 saturated carbocycles. The Hall–Kier alpha value is -1.01. The van der Waals surface area contributed by atoms with Gasteiger partial charge in [0.05, 0.1) is 20.4 Å². The maximum atomic E-state index is 10.9. The highest BCUT2D eigenvalue weighted by Gasteiger charge is 2.14. The maximum Gasteiger partial charge on any atom is 0.262 e. The molecule has 0 aliphatic rings. The molecule has 5 nitrogen and oxygen atoms in total. The number of ether oxygens (including phenoxy) is 2. The molecular formula is C7H8ClNO4S. The molecule has 0 bridgehead atoms. The van der Waals surface area contributed by atoms with Crippen LogP contribution in [0.4, 0.5) is 0 Å². The van der Waals surface area contributed by atoms with E-state index in [0.717, 1.165) is 6.20 Å². The number of hydrogen-bond acceptors (Lipinski definition) is 5. The van der Waals surface area contributed by atoms with Gasteiger partial charge in [0.2, 0.25) is 0 Å². The van der Waals surface area contributed by atoms with Crippen LogP contribution in [0.15, 0.2) is 17.2 Å². The minimum Gasteiger partial charge on any atom is -0.491 e. The molecule has 1 heterocycles. The Bertz CT molecular complexity index is 431. The fourth-order valence-electron chi connectivity index (χ4n) is 0.847. The Labute approximate surface area is 86.0 Å². The van der Waals surface area contributed by atoms with Crippen LogP contribution in [-0.4, -0.2) is 27.6 Å². The third-order valence-electron chi connectivity index (χ3n) is 1.49. The summed E-state index contributed by atoms with van der Waals surface area (Å²) in [5, 5.41) is 0. The highest BCUT2D eigenvalue weighted by atomic mass is 35.7. The number of halogens is 1. The summed E-state index contributed by atoms with van der Waals surface area (Å²) in [6.07, 6.45) is 1.10. The highest BCUT2D eigenvalue weighted by Crippen LogP contribution is 2.27. The Morgan fingerprint density at radius 3 is 2.43 bits per heavy atom. The van der Waals surface area contributed by atoms with Gasteiger partial charge in [0.25, 0.3) is 14.9 Å². The van der Waals surface area contributed by atoms with Gasteiger partial charge in [0.1, 0.15) is 4.90 Å². The second-order valence-corrected chi connectivity index (χ2v) is 4.89. The summed E-state index contributed by atoms with van der Waals surface area (Å²) in [5.74, 6) is 0.422. The van der Waals surface area contributed by atoms with Crippen LogP contribution in [0.25, 0.3) is 0 Å². The van der Waals surface area contributed by atoms with Crippen molar-refractivity contribution in [2.75, 3.05) is 14.2 Å². The number of aromatic nitrogens is 1. The molecule has 0 aliphatic carbocycles. The van der Waals surface area contributed by atoms with Crippen LogP contribution >= 0.6 is 10.7 Å². The minimum atomic E-state index is -3.79. The molecule has 7 heteroatoms. The van der Waals surface area contributed by atoms with Gasteiger partial charge in [-0.15, -0.1) is 0 Å². The van der Waals surface area contributed by atoms with Crippen molar-refractivity contribution in [1.82, 2.24) is 4.98 Å². The van der Waals surface area contributed by atoms with Gasteiger partial charge >= 0.3 is 0 Å². The van der Waals surface area contributed by atoms with E-state index in [4.69, 9.17) is 20.2 Å².